The number of hydrogen-bond acceptors (Lipinski definition) is 3. The fourth-order valence-electron chi connectivity index (χ4n) is 2.09. The fourth-order valence-corrected chi connectivity index (χ4v) is 2.09. The lowest BCUT2D eigenvalue weighted by molar-refractivity contribution is 0.0938. The highest BCUT2D eigenvalue weighted by atomic mass is 16.1. The third-order valence-electron chi connectivity index (χ3n) is 3.17. The first kappa shape index (κ1) is 12.4. The maximum absolute atomic E-state index is 12.2. The summed E-state index contributed by atoms with van der Waals surface area (Å²) in [6, 6.07) is 7.28. The molecule has 0 aliphatic heterocycles. The summed E-state index contributed by atoms with van der Waals surface area (Å²) in [7, 11) is 0. The molecule has 0 fully saturated rings. The first-order valence-corrected chi connectivity index (χ1v) is 6.40. The molecule has 102 valence electrons. The molecule has 1 aromatic carbocycles. The van der Waals surface area contributed by atoms with Crippen molar-refractivity contribution in [1.82, 2.24) is 25.5 Å². The van der Waals surface area contributed by atoms with Crippen LogP contribution in [0.15, 0.2) is 30.5 Å². The van der Waals surface area contributed by atoms with Gasteiger partial charge in [-0.15, -0.1) is 0 Å². The van der Waals surface area contributed by atoms with E-state index in [9.17, 15) is 4.79 Å². The average molecular weight is 269 g/mol. The molecular weight excluding hydrogens is 254 g/mol. The number of nitrogens with zero attached hydrogens (tertiary/aromatic N) is 2. The van der Waals surface area contributed by atoms with Crippen LogP contribution in [0.5, 0.6) is 0 Å². The third kappa shape index (κ3) is 2.27. The van der Waals surface area contributed by atoms with E-state index in [4.69, 9.17) is 0 Å². The van der Waals surface area contributed by atoms with Gasteiger partial charge in [-0.3, -0.25) is 9.89 Å². The van der Waals surface area contributed by atoms with Gasteiger partial charge in [0.1, 0.15) is 5.82 Å². The van der Waals surface area contributed by atoms with Gasteiger partial charge in [-0.05, 0) is 37.4 Å². The number of carbonyl (C=O) groups is 1. The van der Waals surface area contributed by atoms with Gasteiger partial charge in [-0.2, -0.15) is 5.10 Å². The second-order valence-corrected chi connectivity index (χ2v) is 4.75. The van der Waals surface area contributed by atoms with Crippen LogP contribution in [-0.2, 0) is 0 Å². The fraction of sp³-hybridized carbons (Fsp3) is 0.214. The van der Waals surface area contributed by atoms with Gasteiger partial charge in [0, 0.05) is 17.3 Å². The van der Waals surface area contributed by atoms with Crippen LogP contribution < -0.4 is 5.32 Å². The molecule has 0 aliphatic rings. The second-order valence-electron chi connectivity index (χ2n) is 4.75. The Labute approximate surface area is 115 Å². The highest BCUT2D eigenvalue weighted by molar-refractivity contribution is 5.98. The van der Waals surface area contributed by atoms with E-state index in [-0.39, 0.29) is 11.9 Å². The number of hydrogen-bond donors (Lipinski definition) is 3. The lowest BCUT2D eigenvalue weighted by Crippen LogP contribution is -2.27. The van der Waals surface area contributed by atoms with Crippen molar-refractivity contribution in [3.8, 4) is 0 Å². The van der Waals surface area contributed by atoms with Crippen molar-refractivity contribution < 1.29 is 4.79 Å². The minimum Gasteiger partial charge on any atom is -0.361 e. The molecule has 1 atom stereocenters. The molecule has 0 saturated heterocycles. The van der Waals surface area contributed by atoms with Crippen molar-refractivity contribution in [2.24, 2.45) is 0 Å². The van der Waals surface area contributed by atoms with Crippen LogP contribution >= 0.6 is 0 Å². The summed E-state index contributed by atoms with van der Waals surface area (Å²) in [5, 5.41) is 10.8. The lowest BCUT2D eigenvalue weighted by atomic mass is 10.1. The summed E-state index contributed by atoms with van der Waals surface area (Å²) in [5.74, 6) is 1.17. The van der Waals surface area contributed by atoms with E-state index in [0.29, 0.717) is 11.4 Å². The SMILES string of the molecule is Cc1nc(C(C)NC(=O)c2ccc3cc[nH]c3c2)n[nH]1. The van der Waals surface area contributed by atoms with Gasteiger partial charge in [-0.1, -0.05) is 6.07 Å². The van der Waals surface area contributed by atoms with Crippen molar-refractivity contribution in [2.45, 2.75) is 19.9 Å². The van der Waals surface area contributed by atoms with Crippen molar-refractivity contribution >= 4 is 16.8 Å². The number of aromatic nitrogens is 4. The number of aryl methyl sites for hydroxylation is 1. The van der Waals surface area contributed by atoms with Gasteiger partial charge >= 0.3 is 0 Å². The largest absolute Gasteiger partial charge is 0.361 e. The Morgan fingerprint density at radius 3 is 2.95 bits per heavy atom. The summed E-state index contributed by atoms with van der Waals surface area (Å²) >= 11 is 0. The Balaban J connectivity index is 1.78. The van der Waals surface area contributed by atoms with E-state index < -0.39 is 0 Å². The molecule has 3 aromatic rings. The highest BCUT2D eigenvalue weighted by Crippen LogP contribution is 2.15. The van der Waals surface area contributed by atoms with E-state index in [2.05, 4.69) is 25.5 Å². The minimum absolute atomic E-state index is 0.142. The number of H-pyrrole nitrogens is 2. The molecule has 0 bridgehead atoms. The molecule has 3 rings (SSSR count). The predicted octanol–water partition coefficient (Wildman–Crippen LogP) is 2.09. The Kier molecular flexibility index (Phi) is 2.98. The summed E-state index contributed by atoms with van der Waals surface area (Å²) in [4.78, 5) is 19.5. The number of benzene rings is 1. The Bertz CT molecular complexity index is 758. The summed E-state index contributed by atoms with van der Waals surface area (Å²) in [6.07, 6.45) is 1.85. The Morgan fingerprint density at radius 1 is 1.35 bits per heavy atom. The highest BCUT2D eigenvalue weighted by Gasteiger charge is 2.15. The van der Waals surface area contributed by atoms with E-state index in [1.165, 1.54) is 0 Å². The molecule has 0 saturated carbocycles. The van der Waals surface area contributed by atoms with Gasteiger partial charge in [0.25, 0.3) is 5.91 Å². The van der Waals surface area contributed by atoms with E-state index in [1.54, 1.807) is 6.07 Å². The topological polar surface area (TPSA) is 86.5 Å². The maximum Gasteiger partial charge on any atom is 0.251 e. The zero-order valence-corrected chi connectivity index (χ0v) is 11.3. The van der Waals surface area contributed by atoms with Crippen LogP contribution in [-0.4, -0.2) is 26.1 Å². The minimum atomic E-state index is -0.244. The van der Waals surface area contributed by atoms with Gasteiger partial charge in [0.05, 0.1) is 6.04 Å². The van der Waals surface area contributed by atoms with E-state index in [1.807, 2.05) is 38.2 Å². The Morgan fingerprint density at radius 2 is 2.20 bits per heavy atom. The second kappa shape index (κ2) is 4.80. The van der Waals surface area contributed by atoms with E-state index in [0.717, 1.165) is 16.7 Å². The van der Waals surface area contributed by atoms with Crippen LogP contribution in [0, 0.1) is 6.92 Å². The van der Waals surface area contributed by atoms with Gasteiger partial charge < -0.3 is 10.3 Å². The maximum atomic E-state index is 12.2. The summed E-state index contributed by atoms with van der Waals surface area (Å²) < 4.78 is 0. The van der Waals surface area contributed by atoms with Crippen LogP contribution in [0.1, 0.15) is 35.0 Å². The number of aromatic amines is 2. The van der Waals surface area contributed by atoms with Crippen LogP contribution in [0.4, 0.5) is 0 Å². The quantitative estimate of drug-likeness (QED) is 0.680. The monoisotopic (exact) mass is 269 g/mol. The standard InChI is InChI=1S/C14H15N5O/c1-8(13-17-9(2)18-19-13)16-14(20)11-4-3-10-5-6-15-12(10)7-11/h3-8,15H,1-2H3,(H,16,20)(H,17,18,19). The average Bonchev–Trinajstić information content (AvgIpc) is 3.05. The molecular formula is C14H15N5O. The van der Waals surface area contributed by atoms with Crippen molar-refractivity contribution in [2.75, 3.05) is 0 Å². The van der Waals surface area contributed by atoms with E-state index >= 15 is 0 Å². The van der Waals surface area contributed by atoms with Crippen molar-refractivity contribution in [1.29, 1.82) is 0 Å². The van der Waals surface area contributed by atoms with Crippen LogP contribution in [0.3, 0.4) is 0 Å². The van der Waals surface area contributed by atoms with Gasteiger partial charge in [0.2, 0.25) is 0 Å². The Hall–Kier alpha value is -2.63. The first-order valence-electron chi connectivity index (χ1n) is 6.40. The van der Waals surface area contributed by atoms with Crippen LogP contribution in [0.25, 0.3) is 10.9 Å². The number of nitrogens with one attached hydrogen (secondary N) is 3. The molecule has 2 aromatic heterocycles. The normalized spacial score (nSPS) is 12.5. The number of carbonyl (C=O) groups excluding carboxylic acids is 1. The third-order valence-corrected chi connectivity index (χ3v) is 3.17. The number of rotatable bonds is 3. The van der Waals surface area contributed by atoms with Crippen LogP contribution in [0.2, 0.25) is 0 Å². The molecule has 20 heavy (non-hydrogen) atoms. The number of fused-ring (bicyclic) bond motifs is 1. The predicted molar refractivity (Wildman–Crippen MR) is 75.3 cm³/mol. The molecule has 6 heteroatoms. The van der Waals surface area contributed by atoms with Crippen molar-refractivity contribution in [3.63, 3.8) is 0 Å². The molecule has 1 amide bonds. The number of amides is 1. The molecule has 0 radical (unpaired) electrons. The zero-order valence-electron chi connectivity index (χ0n) is 11.3. The summed E-state index contributed by atoms with van der Waals surface area (Å²) in [5.41, 5.74) is 1.55. The summed E-state index contributed by atoms with van der Waals surface area (Å²) in [6.45, 7) is 3.68. The smallest absolute Gasteiger partial charge is 0.251 e. The lowest BCUT2D eigenvalue weighted by Gasteiger charge is -2.10. The van der Waals surface area contributed by atoms with Crippen molar-refractivity contribution in [3.05, 3.63) is 47.7 Å². The van der Waals surface area contributed by atoms with Gasteiger partial charge in [-0.25, -0.2) is 4.98 Å². The first-order chi connectivity index (χ1) is 9.63. The molecule has 2 heterocycles. The molecule has 3 N–H and O–H groups in total. The molecule has 0 aliphatic carbocycles. The zero-order chi connectivity index (χ0) is 14.1. The van der Waals surface area contributed by atoms with Gasteiger partial charge in [0.15, 0.2) is 5.82 Å². The molecule has 6 nitrogen and oxygen atoms in total. The molecule has 0 spiro atoms. The molecule has 1 unspecified atom stereocenters.